The first-order valence-corrected chi connectivity index (χ1v) is 8.20. The summed E-state index contributed by atoms with van der Waals surface area (Å²) in [5.74, 6) is -0.384. The van der Waals surface area contributed by atoms with Crippen LogP contribution in [-0.2, 0) is 6.42 Å². The van der Waals surface area contributed by atoms with Gasteiger partial charge in [-0.15, -0.1) is 0 Å². The summed E-state index contributed by atoms with van der Waals surface area (Å²) < 4.78 is 0. The van der Waals surface area contributed by atoms with Gasteiger partial charge in [0.15, 0.2) is 0 Å². The zero-order valence-electron chi connectivity index (χ0n) is 13.3. The Kier molecular flexibility index (Phi) is 6.20. The molecule has 0 bridgehead atoms. The number of nitrogens with two attached hydrogens (primary N) is 1. The van der Waals surface area contributed by atoms with Crippen LogP contribution < -0.4 is 5.73 Å². The van der Waals surface area contributed by atoms with Gasteiger partial charge in [0, 0.05) is 5.56 Å². The van der Waals surface area contributed by atoms with Crippen molar-refractivity contribution in [2.24, 2.45) is 5.73 Å². The number of hydrogen-bond acceptors (Lipinski definition) is 1. The number of benzene rings is 2. The van der Waals surface area contributed by atoms with E-state index in [0.29, 0.717) is 5.56 Å². The number of amides is 1. The quantitative estimate of drug-likeness (QED) is 0.687. The van der Waals surface area contributed by atoms with Crippen molar-refractivity contribution in [2.45, 2.75) is 45.4 Å². The molecular weight excluding hydrogens is 270 g/mol. The maximum absolute atomic E-state index is 11.1. The van der Waals surface area contributed by atoms with E-state index in [-0.39, 0.29) is 5.91 Å². The molecule has 2 aromatic carbocycles. The second kappa shape index (κ2) is 8.38. The average molecular weight is 295 g/mol. The van der Waals surface area contributed by atoms with Gasteiger partial charge in [-0.05, 0) is 41.7 Å². The summed E-state index contributed by atoms with van der Waals surface area (Å²) in [7, 11) is 0. The van der Waals surface area contributed by atoms with Gasteiger partial charge in [0.1, 0.15) is 0 Å². The van der Waals surface area contributed by atoms with Crippen molar-refractivity contribution in [1.82, 2.24) is 0 Å². The maximum Gasteiger partial charge on any atom is 0.248 e. The summed E-state index contributed by atoms with van der Waals surface area (Å²) >= 11 is 0. The van der Waals surface area contributed by atoms with Gasteiger partial charge in [-0.3, -0.25) is 4.79 Å². The zero-order valence-corrected chi connectivity index (χ0v) is 13.3. The van der Waals surface area contributed by atoms with E-state index in [1.807, 2.05) is 12.1 Å². The smallest absolute Gasteiger partial charge is 0.248 e. The van der Waals surface area contributed by atoms with E-state index >= 15 is 0 Å². The van der Waals surface area contributed by atoms with Crippen LogP contribution in [-0.4, -0.2) is 5.91 Å². The molecule has 2 aromatic rings. The summed E-state index contributed by atoms with van der Waals surface area (Å²) in [5, 5.41) is 0. The third kappa shape index (κ3) is 4.73. The Morgan fingerprint density at radius 2 is 1.36 bits per heavy atom. The standard InChI is InChI=1S/C20H25NO/c1-2-3-4-5-6-7-16-8-10-17(11-9-16)18-12-14-19(15-13-18)20(21)22/h8-15H,2-7H2,1H3,(H2,21,22). The van der Waals surface area contributed by atoms with Crippen LogP contribution in [0.25, 0.3) is 11.1 Å². The van der Waals surface area contributed by atoms with Gasteiger partial charge in [-0.2, -0.15) is 0 Å². The van der Waals surface area contributed by atoms with E-state index in [1.54, 1.807) is 12.1 Å². The normalized spacial score (nSPS) is 10.6. The minimum absolute atomic E-state index is 0.384. The lowest BCUT2D eigenvalue weighted by Gasteiger charge is -2.05. The SMILES string of the molecule is CCCCCCCc1ccc(-c2ccc(C(N)=O)cc2)cc1. The van der Waals surface area contributed by atoms with E-state index < -0.39 is 0 Å². The molecule has 0 saturated heterocycles. The highest BCUT2D eigenvalue weighted by Crippen LogP contribution is 2.21. The molecule has 2 heteroatoms. The van der Waals surface area contributed by atoms with Crippen molar-refractivity contribution in [1.29, 1.82) is 0 Å². The Morgan fingerprint density at radius 3 is 1.91 bits per heavy atom. The lowest BCUT2D eigenvalue weighted by atomic mass is 10.00. The summed E-state index contributed by atoms with van der Waals surface area (Å²) in [6.07, 6.45) is 7.74. The van der Waals surface area contributed by atoms with Crippen molar-refractivity contribution >= 4 is 5.91 Å². The highest BCUT2D eigenvalue weighted by molar-refractivity contribution is 5.93. The monoisotopic (exact) mass is 295 g/mol. The van der Waals surface area contributed by atoms with Crippen LogP contribution in [0.3, 0.4) is 0 Å². The number of rotatable bonds is 8. The van der Waals surface area contributed by atoms with E-state index in [1.165, 1.54) is 43.2 Å². The van der Waals surface area contributed by atoms with Gasteiger partial charge in [-0.1, -0.05) is 69.0 Å². The first-order valence-electron chi connectivity index (χ1n) is 8.20. The van der Waals surface area contributed by atoms with Gasteiger partial charge in [0.05, 0.1) is 0 Å². The summed E-state index contributed by atoms with van der Waals surface area (Å²) in [5.41, 5.74) is 9.49. The Labute approximate surface area is 133 Å². The molecular formula is C20H25NO. The number of carbonyl (C=O) groups excluding carboxylic acids is 1. The fourth-order valence-electron chi connectivity index (χ4n) is 2.62. The second-order valence-corrected chi connectivity index (χ2v) is 5.80. The topological polar surface area (TPSA) is 43.1 Å². The summed E-state index contributed by atoms with van der Waals surface area (Å²) in [6, 6.07) is 16.2. The molecule has 0 radical (unpaired) electrons. The third-order valence-corrected chi connectivity index (χ3v) is 4.03. The largest absolute Gasteiger partial charge is 0.366 e. The molecule has 1 amide bonds. The molecule has 2 N–H and O–H groups in total. The molecule has 0 unspecified atom stereocenters. The van der Waals surface area contributed by atoms with Crippen LogP contribution in [0.4, 0.5) is 0 Å². The first-order chi connectivity index (χ1) is 10.7. The van der Waals surface area contributed by atoms with Gasteiger partial charge in [0.2, 0.25) is 5.91 Å². The summed E-state index contributed by atoms with van der Waals surface area (Å²) in [6.45, 7) is 2.24. The number of hydrogen-bond donors (Lipinski definition) is 1. The minimum atomic E-state index is -0.384. The fraction of sp³-hybridized carbons (Fsp3) is 0.350. The van der Waals surface area contributed by atoms with Gasteiger partial charge < -0.3 is 5.73 Å². The Hall–Kier alpha value is -2.09. The Bertz CT molecular complexity index is 584. The number of unbranched alkanes of at least 4 members (excludes halogenated alkanes) is 4. The van der Waals surface area contributed by atoms with Crippen molar-refractivity contribution in [3.63, 3.8) is 0 Å². The summed E-state index contributed by atoms with van der Waals surface area (Å²) in [4.78, 5) is 11.1. The molecule has 0 aromatic heterocycles. The van der Waals surface area contributed by atoms with Gasteiger partial charge in [0.25, 0.3) is 0 Å². The van der Waals surface area contributed by atoms with Gasteiger partial charge in [-0.25, -0.2) is 0 Å². The molecule has 0 aliphatic rings. The number of carbonyl (C=O) groups is 1. The molecule has 0 heterocycles. The molecule has 0 atom stereocenters. The van der Waals surface area contributed by atoms with Crippen molar-refractivity contribution in [3.8, 4) is 11.1 Å². The Balaban J connectivity index is 1.92. The van der Waals surface area contributed by atoms with Crippen LogP contribution in [0.2, 0.25) is 0 Å². The molecule has 116 valence electrons. The number of primary amides is 1. The van der Waals surface area contributed by atoms with Crippen LogP contribution in [0.1, 0.15) is 54.9 Å². The second-order valence-electron chi connectivity index (χ2n) is 5.80. The predicted molar refractivity (Wildman–Crippen MR) is 92.9 cm³/mol. The van der Waals surface area contributed by atoms with E-state index in [4.69, 9.17) is 5.73 Å². The van der Waals surface area contributed by atoms with E-state index in [9.17, 15) is 4.79 Å². The molecule has 0 spiro atoms. The fourth-order valence-corrected chi connectivity index (χ4v) is 2.62. The molecule has 0 aliphatic carbocycles. The van der Waals surface area contributed by atoms with E-state index in [0.717, 1.165) is 12.0 Å². The number of aryl methyl sites for hydroxylation is 1. The van der Waals surface area contributed by atoms with Crippen LogP contribution >= 0.6 is 0 Å². The molecule has 2 nitrogen and oxygen atoms in total. The first kappa shape index (κ1) is 16.3. The van der Waals surface area contributed by atoms with Crippen molar-refractivity contribution < 1.29 is 4.79 Å². The van der Waals surface area contributed by atoms with Crippen molar-refractivity contribution in [3.05, 3.63) is 59.7 Å². The minimum Gasteiger partial charge on any atom is -0.366 e. The van der Waals surface area contributed by atoms with Crippen LogP contribution in [0.15, 0.2) is 48.5 Å². The molecule has 0 saturated carbocycles. The molecule has 22 heavy (non-hydrogen) atoms. The lowest BCUT2D eigenvalue weighted by Crippen LogP contribution is -2.10. The van der Waals surface area contributed by atoms with Crippen molar-refractivity contribution in [2.75, 3.05) is 0 Å². The Morgan fingerprint density at radius 1 is 0.818 bits per heavy atom. The van der Waals surface area contributed by atoms with Gasteiger partial charge >= 0.3 is 0 Å². The highest BCUT2D eigenvalue weighted by Gasteiger charge is 2.02. The van der Waals surface area contributed by atoms with Crippen LogP contribution in [0.5, 0.6) is 0 Å². The predicted octanol–water partition coefficient (Wildman–Crippen LogP) is 4.97. The molecule has 0 fully saturated rings. The maximum atomic E-state index is 11.1. The molecule has 0 aliphatic heterocycles. The van der Waals surface area contributed by atoms with Crippen LogP contribution in [0, 0.1) is 0 Å². The lowest BCUT2D eigenvalue weighted by molar-refractivity contribution is 0.100. The highest BCUT2D eigenvalue weighted by atomic mass is 16.1. The zero-order chi connectivity index (χ0) is 15.8. The average Bonchev–Trinajstić information content (AvgIpc) is 2.55. The molecule has 2 rings (SSSR count). The third-order valence-electron chi connectivity index (χ3n) is 4.03. The van der Waals surface area contributed by atoms with E-state index in [2.05, 4.69) is 31.2 Å².